The standard InChI is InChI=1S/C10H14BrF6NO/c1-8(2,3-4-11)5-18-7(19)6(9(12,13)14)10(15,16)17/h6H,3-5H2,1-2H3,(H,18,19). The third-order valence-electron chi connectivity index (χ3n) is 2.43. The van der Waals surface area contributed by atoms with E-state index < -0.39 is 29.6 Å². The molecule has 0 saturated carbocycles. The lowest BCUT2D eigenvalue weighted by Crippen LogP contribution is -2.49. The molecule has 0 aliphatic carbocycles. The van der Waals surface area contributed by atoms with Gasteiger partial charge >= 0.3 is 12.4 Å². The maximum Gasteiger partial charge on any atom is 0.409 e. The molecule has 0 unspecified atom stereocenters. The van der Waals surface area contributed by atoms with E-state index in [9.17, 15) is 31.1 Å². The Kier molecular flexibility index (Phi) is 6.16. The van der Waals surface area contributed by atoms with Crippen molar-refractivity contribution in [2.24, 2.45) is 11.3 Å². The zero-order valence-corrected chi connectivity index (χ0v) is 11.8. The lowest BCUT2D eigenvalue weighted by molar-refractivity contribution is -0.274. The molecule has 0 aliphatic heterocycles. The van der Waals surface area contributed by atoms with E-state index in [-0.39, 0.29) is 6.54 Å². The molecule has 0 saturated heterocycles. The minimum absolute atomic E-state index is 0.264. The number of hydrogen-bond donors (Lipinski definition) is 1. The Morgan fingerprint density at radius 2 is 1.53 bits per heavy atom. The summed E-state index contributed by atoms with van der Waals surface area (Å²) in [4.78, 5) is 11.1. The zero-order chi connectivity index (χ0) is 15.5. The van der Waals surface area contributed by atoms with Crippen LogP contribution in [0.15, 0.2) is 0 Å². The molecule has 0 aromatic carbocycles. The maximum absolute atomic E-state index is 12.2. The van der Waals surface area contributed by atoms with Gasteiger partial charge in [0.1, 0.15) is 0 Å². The molecule has 0 heterocycles. The van der Waals surface area contributed by atoms with E-state index in [2.05, 4.69) is 15.9 Å². The van der Waals surface area contributed by atoms with Crippen LogP contribution in [0.4, 0.5) is 26.3 Å². The Hall–Kier alpha value is -0.470. The molecule has 114 valence electrons. The first-order valence-corrected chi connectivity index (χ1v) is 6.40. The summed E-state index contributed by atoms with van der Waals surface area (Å²) in [5.74, 6) is -6.05. The molecular weight excluding hydrogens is 344 g/mol. The first-order chi connectivity index (χ1) is 8.31. The summed E-state index contributed by atoms with van der Waals surface area (Å²) in [6.07, 6.45) is -10.8. The summed E-state index contributed by atoms with van der Waals surface area (Å²) in [6, 6.07) is 0. The molecule has 9 heteroatoms. The normalized spacial score (nSPS) is 13.8. The van der Waals surface area contributed by atoms with E-state index in [0.717, 1.165) is 0 Å². The zero-order valence-electron chi connectivity index (χ0n) is 10.3. The van der Waals surface area contributed by atoms with Gasteiger partial charge in [0.2, 0.25) is 11.8 Å². The van der Waals surface area contributed by atoms with Crippen LogP contribution >= 0.6 is 15.9 Å². The number of rotatable bonds is 5. The molecule has 19 heavy (non-hydrogen) atoms. The number of nitrogens with one attached hydrogen (secondary N) is 1. The minimum atomic E-state index is -5.65. The van der Waals surface area contributed by atoms with Crippen molar-refractivity contribution >= 4 is 21.8 Å². The second kappa shape index (κ2) is 6.32. The number of hydrogen-bond acceptors (Lipinski definition) is 1. The van der Waals surface area contributed by atoms with Gasteiger partial charge in [-0.3, -0.25) is 4.79 Å². The second-order valence-electron chi connectivity index (χ2n) is 4.84. The monoisotopic (exact) mass is 357 g/mol. The van der Waals surface area contributed by atoms with Crippen molar-refractivity contribution in [3.8, 4) is 0 Å². The van der Waals surface area contributed by atoms with Crippen LogP contribution in [-0.4, -0.2) is 30.1 Å². The van der Waals surface area contributed by atoms with Crippen LogP contribution in [0.3, 0.4) is 0 Å². The Morgan fingerprint density at radius 1 is 1.11 bits per heavy atom. The summed E-state index contributed by atoms with van der Waals surface area (Å²) in [7, 11) is 0. The van der Waals surface area contributed by atoms with E-state index >= 15 is 0 Å². The van der Waals surface area contributed by atoms with Crippen LogP contribution in [-0.2, 0) is 4.79 Å². The Labute approximate surface area is 115 Å². The average molecular weight is 358 g/mol. The molecule has 0 aromatic rings. The number of alkyl halides is 7. The SMILES string of the molecule is CC(C)(CCBr)CNC(=O)C(C(F)(F)F)C(F)(F)F. The van der Waals surface area contributed by atoms with Crippen molar-refractivity contribution in [3.63, 3.8) is 0 Å². The molecule has 2 nitrogen and oxygen atoms in total. The highest BCUT2D eigenvalue weighted by Gasteiger charge is 2.61. The maximum atomic E-state index is 12.2. The number of amides is 1. The first kappa shape index (κ1) is 18.5. The number of carbonyl (C=O) groups is 1. The summed E-state index contributed by atoms with van der Waals surface area (Å²) < 4.78 is 73.5. The van der Waals surface area contributed by atoms with Crippen molar-refractivity contribution in [1.29, 1.82) is 0 Å². The quantitative estimate of drug-likeness (QED) is 0.590. The summed E-state index contributed by atoms with van der Waals surface area (Å²) in [5, 5.41) is 2.25. The summed E-state index contributed by atoms with van der Waals surface area (Å²) in [6.45, 7) is 3.00. The third-order valence-corrected chi connectivity index (χ3v) is 2.83. The smallest absolute Gasteiger partial charge is 0.355 e. The topological polar surface area (TPSA) is 29.1 Å². The summed E-state index contributed by atoms with van der Waals surface area (Å²) in [5.41, 5.74) is -0.596. The number of carbonyl (C=O) groups excluding carboxylic acids is 1. The number of halogens is 7. The van der Waals surface area contributed by atoms with Gasteiger partial charge in [-0.05, 0) is 11.8 Å². The van der Waals surface area contributed by atoms with Gasteiger partial charge in [-0.1, -0.05) is 29.8 Å². The van der Waals surface area contributed by atoms with Crippen molar-refractivity contribution in [1.82, 2.24) is 5.32 Å². The van der Waals surface area contributed by atoms with Crippen LogP contribution in [0.1, 0.15) is 20.3 Å². The van der Waals surface area contributed by atoms with E-state index in [4.69, 9.17) is 0 Å². The lowest BCUT2D eigenvalue weighted by atomic mass is 9.90. The molecule has 1 amide bonds. The molecule has 0 rings (SSSR count). The fraction of sp³-hybridized carbons (Fsp3) is 0.900. The highest BCUT2D eigenvalue weighted by Crippen LogP contribution is 2.39. The molecule has 0 aromatic heterocycles. The third kappa shape index (κ3) is 6.49. The van der Waals surface area contributed by atoms with Crippen LogP contribution in [0.25, 0.3) is 0 Å². The molecule has 0 fully saturated rings. The molecule has 0 radical (unpaired) electrons. The van der Waals surface area contributed by atoms with Gasteiger partial charge in [-0.15, -0.1) is 0 Å². The van der Waals surface area contributed by atoms with Crippen LogP contribution in [0.2, 0.25) is 0 Å². The fourth-order valence-corrected chi connectivity index (χ4v) is 2.33. The van der Waals surface area contributed by atoms with E-state index in [1.165, 1.54) is 0 Å². The highest BCUT2D eigenvalue weighted by molar-refractivity contribution is 9.09. The van der Waals surface area contributed by atoms with Gasteiger partial charge < -0.3 is 5.32 Å². The molecule has 0 spiro atoms. The van der Waals surface area contributed by atoms with Crippen LogP contribution < -0.4 is 5.32 Å². The predicted octanol–water partition coefficient (Wildman–Crippen LogP) is 3.65. The molecule has 0 bridgehead atoms. The first-order valence-electron chi connectivity index (χ1n) is 5.28. The van der Waals surface area contributed by atoms with Gasteiger partial charge in [-0.2, -0.15) is 26.3 Å². The van der Waals surface area contributed by atoms with Crippen LogP contribution in [0.5, 0.6) is 0 Å². The van der Waals surface area contributed by atoms with Crippen LogP contribution in [0, 0.1) is 11.3 Å². The van der Waals surface area contributed by atoms with Gasteiger partial charge in [0.05, 0.1) is 0 Å². The van der Waals surface area contributed by atoms with Crippen molar-refractivity contribution in [3.05, 3.63) is 0 Å². The van der Waals surface area contributed by atoms with Crippen molar-refractivity contribution < 1.29 is 31.1 Å². The highest BCUT2D eigenvalue weighted by atomic mass is 79.9. The molecule has 1 N–H and O–H groups in total. The minimum Gasteiger partial charge on any atom is -0.355 e. The predicted molar refractivity (Wildman–Crippen MR) is 60.8 cm³/mol. The fourth-order valence-electron chi connectivity index (χ4n) is 1.26. The second-order valence-corrected chi connectivity index (χ2v) is 5.63. The largest absolute Gasteiger partial charge is 0.409 e. The van der Waals surface area contributed by atoms with E-state index in [0.29, 0.717) is 11.8 Å². The average Bonchev–Trinajstić information content (AvgIpc) is 2.10. The van der Waals surface area contributed by atoms with E-state index in [1.54, 1.807) is 19.2 Å². The van der Waals surface area contributed by atoms with Gasteiger partial charge in [0.15, 0.2) is 0 Å². The lowest BCUT2D eigenvalue weighted by Gasteiger charge is -2.27. The van der Waals surface area contributed by atoms with Gasteiger partial charge in [0, 0.05) is 11.9 Å². The van der Waals surface area contributed by atoms with Gasteiger partial charge in [-0.25, -0.2) is 0 Å². The van der Waals surface area contributed by atoms with Crippen molar-refractivity contribution in [2.45, 2.75) is 32.6 Å². The summed E-state index contributed by atoms with van der Waals surface area (Å²) >= 11 is 3.11. The Morgan fingerprint density at radius 3 is 1.84 bits per heavy atom. The molecule has 0 aliphatic rings. The Bertz CT molecular complexity index is 298. The Balaban J connectivity index is 4.79. The molecule has 0 atom stereocenters. The van der Waals surface area contributed by atoms with Crippen molar-refractivity contribution in [2.75, 3.05) is 11.9 Å². The van der Waals surface area contributed by atoms with Gasteiger partial charge in [0.25, 0.3) is 0 Å². The van der Waals surface area contributed by atoms with E-state index in [1.807, 2.05) is 0 Å². The molecular formula is C10H14BrF6NO.